The molecule has 0 bridgehead atoms. The van der Waals surface area contributed by atoms with Gasteiger partial charge in [-0.2, -0.15) is 0 Å². The summed E-state index contributed by atoms with van der Waals surface area (Å²) in [4.78, 5) is 14.5. The molecule has 3 heteroatoms. The number of carbonyl (C=O) groups is 1. The van der Waals surface area contributed by atoms with Gasteiger partial charge in [-0.15, -0.1) is 0 Å². The van der Waals surface area contributed by atoms with Gasteiger partial charge in [0.15, 0.2) is 0 Å². The molecule has 3 nitrogen and oxygen atoms in total. The lowest BCUT2D eigenvalue weighted by atomic mass is 9.69. The Kier molecular flexibility index (Phi) is 6.71. The van der Waals surface area contributed by atoms with Gasteiger partial charge in [0, 0.05) is 18.1 Å². The Morgan fingerprint density at radius 1 is 1.10 bits per heavy atom. The minimum atomic E-state index is 0.234. The minimum absolute atomic E-state index is 0.234. The van der Waals surface area contributed by atoms with E-state index >= 15 is 0 Å². The van der Waals surface area contributed by atoms with Crippen LogP contribution in [-0.2, 0) is 4.79 Å². The third kappa shape index (κ3) is 5.28. The van der Waals surface area contributed by atoms with Gasteiger partial charge in [0.05, 0.1) is 6.54 Å². The molecule has 0 aromatic carbocycles. The summed E-state index contributed by atoms with van der Waals surface area (Å²) >= 11 is 0. The smallest absolute Gasteiger partial charge is 0.236 e. The van der Waals surface area contributed by atoms with E-state index in [1.54, 1.807) is 0 Å². The van der Waals surface area contributed by atoms with Crippen LogP contribution in [0.1, 0.15) is 74.1 Å². The van der Waals surface area contributed by atoms with Crippen molar-refractivity contribution >= 4 is 5.91 Å². The van der Waals surface area contributed by atoms with Crippen LogP contribution in [0.15, 0.2) is 0 Å². The second kappa shape index (κ2) is 7.62. The Bertz CT molecular complexity index is 323. The number of hydrogen-bond acceptors (Lipinski definition) is 2. The van der Waals surface area contributed by atoms with Crippen molar-refractivity contribution in [3.8, 4) is 0 Å². The van der Waals surface area contributed by atoms with Crippen LogP contribution in [-0.4, -0.2) is 35.5 Å². The maximum atomic E-state index is 12.5. The molecule has 0 heterocycles. The maximum absolute atomic E-state index is 12.5. The molecule has 0 saturated heterocycles. The molecule has 2 atom stereocenters. The van der Waals surface area contributed by atoms with Crippen molar-refractivity contribution in [1.82, 2.24) is 10.2 Å². The Balaban J connectivity index is 2.61. The molecule has 0 spiro atoms. The van der Waals surface area contributed by atoms with Gasteiger partial charge in [-0.05, 0) is 51.9 Å². The first-order valence-corrected chi connectivity index (χ1v) is 8.69. The SMILES string of the molecule is CC(C)N(C(=O)CNC1CCCCC1C(C)(C)C)C(C)C. The first kappa shape index (κ1) is 18.5. The van der Waals surface area contributed by atoms with Crippen LogP contribution < -0.4 is 5.32 Å². The largest absolute Gasteiger partial charge is 0.337 e. The summed E-state index contributed by atoms with van der Waals surface area (Å²) in [7, 11) is 0. The van der Waals surface area contributed by atoms with Crippen molar-refractivity contribution in [2.75, 3.05) is 6.54 Å². The molecule has 0 radical (unpaired) electrons. The molecule has 2 unspecified atom stereocenters. The summed E-state index contributed by atoms with van der Waals surface area (Å²) in [6.45, 7) is 15.8. The summed E-state index contributed by atoms with van der Waals surface area (Å²) < 4.78 is 0. The van der Waals surface area contributed by atoms with Crippen LogP contribution in [0.25, 0.3) is 0 Å². The molecule has 1 N–H and O–H groups in total. The minimum Gasteiger partial charge on any atom is -0.337 e. The second-order valence-corrected chi connectivity index (χ2v) is 8.23. The van der Waals surface area contributed by atoms with Gasteiger partial charge in [-0.3, -0.25) is 4.79 Å². The fraction of sp³-hybridized carbons (Fsp3) is 0.944. The predicted octanol–water partition coefficient (Wildman–Crippen LogP) is 3.83. The van der Waals surface area contributed by atoms with E-state index in [0.717, 1.165) is 0 Å². The number of rotatable bonds is 5. The van der Waals surface area contributed by atoms with Crippen molar-refractivity contribution in [3.05, 3.63) is 0 Å². The lowest BCUT2D eigenvalue weighted by Gasteiger charge is -2.41. The highest BCUT2D eigenvalue weighted by Gasteiger charge is 2.34. The lowest BCUT2D eigenvalue weighted by Crippen LogP contribution is -2.51. The van der Waals surface area contributed by atoms with Gasteiger partial charge in [0.25, 0.3) is 0 Å². The first-order valence-electron chi connectivity index (χ1n) is 8.69. The van der Waals surface area contributed by atoms with Crippen LogP contribution in [0, 0.1) is 11.3 Å². The van der Waals surface area contributed by atoms with Gasteiger partial charge >= 0.3 is 0 Å². The van der Waals surface area contributed by atoms with Gasteiger partial charge in [0.2, 0.25) is 5.91 Å². The van der Waals surface area contributed by atoms with E-state index in [-0.39, 0.29) is 18.0 Å². The van der Waals surface area contributed by atoms with Gasteiger partial charge in [-0.25, -0.2) is 0 Å². The topological polar surface area (TPSA) is 32.3 Å². The highest BCUT2D eigenvalue weighted by molar-refractivity contribution is 5.78. The van der Waals surface area contributed by atoms with Gasteiger partial charge in [-0.1, -0.05) is 33.6 Å². The van der Waals surface area contributed by atoms with Crippen LogP contribution in [0.3, 0.4) is 0 Å². The summed E-state index contributed by atoms with van der Waals surface area (Å²) in [5.41, 5.74) is 0.316. The van der Waals surface area contributed by atoms with E-state index < -0.39 is 0 Å². The maximum Gasteiger partial charge on any atom is 0.236 e. The molecule has 1 fully saturated rings. The third-order valence-electron chi connectivity index (χ3n) is 4.79. The highest BCUT2D eigenvalue weighted by Crippen LogP contribution is 2.37. The zero-order valence-corrected chi connectivity index (χ0v) is 15.2. The molecule has 1 amide bonds. The first-order chi connectivity index (χ1) is 9.64. The molecule has 0 aliphatic heterocycles. The standard InChI is InChI=1S/C18H36N2O/c1-13(2)20(14(3)4)17(21)12-19-16-11-9-8-10-15(16)18(5,6)7/h13-16,19H,8-12H2,1-7H3. The molecule has 1 rings (SSSR count). The Hall–Kier alpha value is -0.570. The quantitative estimate of drug-likeness (QED) is 0.836. The molecular weight excluding hydrogens is 260 g/mol. The summed E-state index contributed by atoms with van der Waals surface area (Å²) in [5, 5.41) is 3.58. The van der Waals surface area contributed by atoms with Crippen molar-refractivity contribution in [2.24, 2.45) is 11.3 Å². The average Bonchev–Trinajstić information content (AvgIpc) is 2.34. The van der Waals surface area contributed by atoms with Crippen LogP contribution in [0.2, 0.25) is 0 Å². The number of nitrogens with zero attached hydrogens (tertiary/aromatic N) is 1. The van der Waals surface area contributed by atoms with E-state index in [4.69, 9.17) is 0 Å². The van der Waals surface area contributed by atoms with Gasteiger partial charge < -0.3 is 10.2 Å². The number of hydrogen-bond donors (Lipinski definition) is 1. The predicted molar refractivity (Wildman–Crippen MR) is 90.3 cm³/mol. The molecule has 21 heavy (non-hydrogen) atoms. The van der Waals surface area contributed by atoms with Crippen molar-refractivity contribution in [3.63, 3.8) is 0 Å². The molecule has 0 aromatic rings. The normalized spacial score (nSPS) is 23.7. The van der Waals surface area contributed by atoms with Crippen molar-refractivity contribution < 1.29 is 4.79 Å². The Morgan fingerprint density at radius 3 is 2.10 bits per heavy atom. The second-order valence-electron chi connectivity index (χ2n) is 8.23. The van der Waals surface area contributed by atoms with Crippen molar-refractivity contribution in [2.45, 2.75) is 92.3 Å². The lowest BCUT2D eigenvalue weighted by molar-refractivity contribution is -0.134. The van der Waals surface area contributed by atoms with E-state index in [1.165, 1.54) is 25.7 Å². The van der Waals surface area contributed by atoms with E-state index in [1.807, 2.05) is 4.90 Å². The molecule has 0 aromatic heterocycles. The molecular formula is C18H36N2O. The molecule has 1 aliphatic carbocycles. The fourth-order valence-electron chi connectivity index (χ4n) is 3.89. The number of carbonyl (C=O) groups excluding carboxylic acids is 1. The average molecular weight is 296 g/mol. The highest BCUT2D eigenvalue weighted by atomic mass is 16.2. The Morgan fingerprint density at radius 2 is 1.62 bits per heavy atom. The monoisotopic (exact) mass is 296 g/mol. The van der Waals surface area contributed by atoms with E-state index in [2.05, 4.69) is 53.8 Å². The van der Waals surface area contributed by atoms with Crippen molar-refractivity contribution in [1.29, 1.82) is 0 Å². The molecule has 1 saturated carbocycles. The third-order valence-corrected chi connectivity index (χ3v) is 4.79. The summed E-state index contributed by atoms with van der Waals surface area (Å²) in [6, 6.07) is 1.03. The zero-order chi connectivity index (χ0) is 16.2. The van der Waals surface area contributed by atoms with E-state index in [0.29, 0.717) is 23.9 Å². The molecule has 124 valence electrons. The van der Waals surface area contributed by atoms with Crippen LogP contribution in [0.4, 0.5) is 0 Å². The Labute approximate surface area is 131 Å². The summed E-state index contributed by atoms with van der Waals surface area (Å²) in [5.74, 6) is 0.906. The fourth-order valence-corrected chi connectivity index (χ4v) is 3.89. The van der Waals surface area contributed by atoms with Gasteiger partial charge in [0.1, 0.15) is 0 Å². The van der Waals surface area contributed by atoms with Crippen LogP contribution in [0.5, 0.6) is 0 Å². The molecule has 1 aliphatic rings. The van der Waals surface area contributed by atoms with E-state index in [9.17, 15) is 4.79 Å². The summed E-state index contributed by atoms with van der Waals surface area (Å²) in [6.07, 6.45) is 5.11. The zero-order valence-electron chi connectivity index (χ0n) is 15.2. The van der Waals surface area contributed by atoms with Crippen LogP contribution >= 0.6 is 0 Å². The number of amides is 1. The number of nitrogens with one attached hydrogen (secondary N) is 1.